The third-order valence-corrected chi connectivity index (χ3v) is 6.81. The molecule has 1 amide bonds. The van der Waals surface area contributed by atoms with E-state index in [0.717, 1.165) is 69.7 Å². The lowest BCUT2D eigenvalue weighted by Gasteiger charge is -2.52. The van der Waals surface area contributed by atoms with Crippen LogP contribution in [-0.2, 0) is 15.7 Å². The molecule has 0 spiro atoms. The minimum absolute atomic E-state index is 0.0744. The molecule has 2 aliphatic rings. The van der Waals surface area contributed by atoms with E-state index in [0.29, 0.717) is 6.61 Å². The number of piperidine rings is 1. The minimum atomic E-state index is -4.33. The number of hydrogen-bond donors (Lipinski definition) is 0. The molecule has 2 saturated heterocycles. The van der Waals surface area contributed by atoms with Crippen LogP contribution in [0, 0.1) is 0 Å². The van der Waals surface area contributed by atoms with E-state index in [1.54, 1.807) is 19.2 Å². The molecule has 0 bridgehead atoms. The van der Waals surface area contributed by atoms with Crippen LogP contribution in [0.15, 0.2) is 24.3 Å². The van der Waals surface area contributed by atoms with E-state index < -0.39 is 11.7 Å². The SMILES string of the molecule is COC[C@@H](c1ccc(C(F)(F)F)cc1)N1CCN(C2(C)CCN(C=O)CC2)C[C@@H]1C. The van der Waals surface area contributed by atoms with Crippen molar-refractivity contribution in [3.8, 4) is 0 Å². The molecule has 2 aliphatic heterocycles. The average Bonchev–Trinajstić information content (AvgIpc) is 2.72. The Morgan fingerprint density at radius 1 is 1.17 bits per heavy atom. The summed E-state index contributed by atoms with van der Waals surface area (Å²) >= 11 is 0. The molecule has 8 heteroatoms. The first-order valence-corrected chi connectivity index (χ1v) is 10.5. The standard InChI is InChI=1S/C22H32F3N3O2/c1-17-14-27(21(2)8-10-26(16-29)11-9-21)12-13-28(17)20(15-30-3)18-4-6-19(7-5-18)22(23,24)25/h4-7,16-17,20H,8-15H2,1-3H3/t17-,20-/m0/s1. The molecule has 2 fully saturated rings. The predicted octanol–water partition coefficient (Wildman–Crippen LogP) is 3.41. The lowest BCUT2D eigenvalue weighted by atomic mass is 9.86. The highest BCUT2D eigenvalue weighted by Crippen LogP contribution is 2.34. The van der Waals surface area contributed by atoms with Crippen molar-refractivity contribution < 1.29 is 22.7 Å². The molecule has 2 heterocycles. The number of likely N-dealkylation sites (tertiary alicyclic amines) is 1. The van der Waals surface area contributed by atoms with Crippen molar-refractivity contribution in [1.82, 2.24) is 14.7 Å². The van der Waals surface area contributed by atoms with Crippen LogP contribution in [0.3, 0.4) is 0 Å². The Labute approximate surface area is 176 Å². The largest absolute Gasteiger partial charge is 0.416 e. The number of ether oxygens (including phenoxy) is 1. The zero-order valence-electron chi connectivity index (χ0n) is 18.0. The van der Waals surface area contributed by atoms with Crippen molar-refractivity contribution in [2.75, 3.05) is 46.4 Å². The van der Waals surface area contributed by atoms with Crippen LogP contribution in [0.2, 0.25) is 0 Å². The van der Waals surface area contributed by atoms with Crippen LogP contribution in [0.25, 0.3) is 0 Å². The summed E-state index contributed by atoms with van der Waals surface area (Å²) in [7, 11) is 1.62. The van der Waals surface area contributed by atoms with Gasteiger partial charge in [-0.15, -0.1) is 0 Å². The summed E-state index contributed by atoms with van der Waals surface area (Å²) in [5, 5.41) is 0. The molecule has 1 aromatic carbocycles. The number of carbonyl (C=O) groups is 1. The smallest absolute Gasteiger partial charge is 0.383 e. The highest BCUT2D eigenvalue weighted by molar-refractivity contribution is 5.47. The average molecular weight is 428 g/mol. The first kappa shape index (κ1) is 23.0. The van der Waals surface area contributed by atoms with Crippen molar-refractivity contribution in [1.29, 1.82) is 0 Å². The number of carbonyl (C=O) groups excluding carboxylic acids is 1. The van der Waals surface area contributed by atoms with Crippen molar-refractivity contribution in [3.63, 3.8) is 0 Å². The molecule has 0 aromatic heterocycles. The number of amides is 1. The van der Waals surface area contributed by atoms with Gasteiger partial charge in [0.05, 0.1) is 18.2 Å². The van der Waals surface area contributed by atoms with Crippen LogP contribution in [0.4, 0.5) is 13.2 Å². The van der Waals surface area contributed by atoms with Gasteiger partial charge < -0.3 is 9.64 Å². The summed E-state index contributed by atoms with van der Waals surface area (Å²) in [6, 6.07) is 5.60. The Kier molecular flexibility index (Phi) is 7.09. The van der Waals surface area contributed by atoms with Gasteiger partial charge in [0, 0.05) is 51.4 Å². The van der Waals surface area contributed by atoms with Crippen LogP contribution in [-0.4, -0.2) is 79.1 Å². The van der Waals surface area contributed by atoms with Gasteiger partial charge in [-0.25, -0.2) is 0 Å². The lowest BCUT2D eigenvalue weighted by molar-refractivity contribution is -0.137. The number of benzene rings is 1. The van der Waals surface area contributed by atoms with Gasteiger partial charge in [-0.1, -0.05) is 12.1 Å². The fourth-order valence-electron chi connectivity index (χ4n) is 4.79. The molecule has 0 aliphatic carbocycles. The van der Waals surface area contributed by atoms with Crippen molar-refractivity contribution in [2.45, 2.75) is 50.5 Å². The maximum absolute atomic E-state index is 12.9. The molecule has 30 heavy (non-hydrogen) atoms. The molecule has 0 N–H and O–H groups in total. The van der Waals surface area contributed by atoms with Crippen LogP contribution in [0.1, 0.15) is 43.9 Å². The fraction of sp³-hybridized carbons (Fsp3) is 0.682. The van der Waals surface area contributed by atoms with Crippen LogP contribution >= 0.6 is 0 Å². The second kappa shape index (κ2) is 9.24. The Bertz CT molecular complexity index is 703. The van der Waals surface area contributed by atoms with Crippen molar-refractivity contribution in [2.24, 2.45) is 0 Å². The fourth-order valence-corrected chi connectivity index (χ4v) is 4.79. The maximum Gasteiger partial charge on any atom is 0.416 e. The van der Waals surface area contributed by atoms with E-state index >= 15 is 0 Å². The highest BCUT2D eigenvalue weighted by atomic mass is 19.4. The number of methoxy groups -OCH3 is 1. The number of nitrogens with zero attached hydrogens (tertiary/aromatic N) is 3. The third kappa shape index (κ3) is 4.98. The Morgan fingerprint density at radius 3 is 2.30 bits per heavy atom. The Morgan fingerprint density at radius 2 is 1.80 bits per heavy atom. The maximum atomic E-state index is 12.9. The molecule has 3 rings (SSSR count). The molecule has 1 aromatic rings. The van der Waals surface area contributed by atoms with Gasteiger partial charge in [0.15, 0.2) is 0 Å². The van der Waals surface area contributed by atoms with E-state index in [-0.39, 0.29) is 17.6 Å². The van der Waals surface area contributed by atoms with Gasteiger partial charge in [0.2, 0.25) is 6.41 Å². The summed E-state index contributed by atoms with van der Waals surface area (Å²) in [5.41, 5.74) is 0.288. The van der Waals surface area contributed by atoms with Gasteiger partial charge in [0.1, 0.15) is 0 Å². The van der Waals surface area contributed by atoms with Crippen LogP contribution < -0.4 is 0 Å². The van der Waals surface area contributed by atoms with Crippen LogP contribution in [0.5, 0.6) is 0 Å². The minimum Gasteiger partial charge on any atom is -0.383 e. The summed E-state index contributed by atoms with van der Waals surface area (Å²) in [4.78, 5) is 17.7. The van der Waals surface area contributed by atoms with Gasteiger partial charge in [0.25, 0.3) is 0 Å². The summed E-state index contributed by atoms with van der Waals surface area (Å²) in [6.45, 7) is 9.05. The molecular formula is C22H32F3N3O2. The summed E-state index contributed by atoms with van der Waals surface area (Å²) < 4.78 is 44.2. The van der Waals surface area contributed by atoms with E-state index in [1.807, 2.05) is 4.90 Å². The highest BCUT2D eigenvalue weighted by Gasteiger charge is 2.40. The third-order valence-electron chi connectivity index (χ3n) is 6.81. The lowest BCUT2D eigenvalue weighted by Crippen LogP contribution is -2.62. The van der Waals surface area contributed by atoms with E-state index in [9.17, 15) is 18.0 Å². The molecule has 0 radical (unpaired) electrons. The monoisotopic (exact) mass is 427 g/mol. The zero-order valence-corrected chi connectivity index (χ0v) is 18.0. The Balaban J connectivity index is 1.70. The number of hydrogen-bond acceptors (Lipinski definition) is 4. The number of piperazine rings is 1. The zero-order chi connectivity index (χ0) is 21.9. The van der Waals surface area contributed by atoms with Crippen molar-refractivity contribution in [3.05, 3.63) is 35.4 Å². The topological polar surface area (TPSA) is 36.0 Å². The van der Waals surface area contributed by atoms with E-state index in [1.165, 1.54) is 0 Å². The molecule has 5 nitrogen and oxygen atoms in total. The number of halogens is 3. The quantitative estimate of drug-likeness (QED) is 0.652. The van der Waals surface area contributed by atoms with E-state index in [4.69, 9.17) is 4.74 Å². The first-order chi connectivity index (χ1) is 14.2. The number of rotatable bonds is 6. The summed E-state index contributed by atoms with van der Waals surface area (Å²) in [6.07, 6.45) is -1.49. The van der Waals surface area contributed by atoms with Gasteiger partial charge >= 0.3 is 6.18 Å². The van der Waals surface area contributed by atoms with Gasteiger partial charge in [-0.05, 0) is 44.4 Å². The second-order valence-corrected chi connectivity index (χ2v) is 8.76. The molecule has 0 saturated carbocycles. The van der Waals surface area contributed by atoms with E-state index in [2.05, 4.69) is 23.6 Å². The second-order valence-electron chi connectivity index (χ2n) is 8.76. The Hall–Kier alpha value is -1.64. The summed E-state index contributed by atoms with van der Waals surface area (Å²) in [5.74, 6) is 0. The first-order valence-electron chi connectivity index (χ1n) is 10.5. The van der Waals surface area contributed by atoms with Crippen molar-refractivity contribution >= 4 is 6.41 Å². The molecule has 168 valence electrons. The molecular weight excluding hydrogens is 395 g/mol. The number of alkyl halides is 3. The normalized spacial score (nSPS) is 24.6. The van der Waals surface area contributed by atoms with Gasteiger partial charge in [-0.2, -0.15) is 13.2 Å². The van der Waals surface area contributed by atoms with Gasteiger partial charge in [-0.3, -0.25) is 14.6 Å². The molecule has 2 atom stereocenters. The predicted molar refractivity (Wildman–Crippen MR) is 109 cm³/mol. The molecule has 0 unspecified atom stereocenters.